The monoisotopic (exact) mass is 244 g/mol. The fourth-order valence-electron chi connectivity index (χ4n) is 2.05. The molecule has 1 atom stereocenters. The zero-order valence-electron chi connectivity index (χ0n) is 10.7. The van der Waals surface area contributed by atoms with Gasteiger partial charge in [-0.3, -0.25) is 0 Å². The third-order valence-electron chi connectivity index (χ3n) is 3.28. The Morgan fingerprint density at radius 2 is 1.67 bits per heavy atom. The summed E-state index contributed by atoms with van der Waals surface area (Å²) in [6.07, 6.45) is 0.910. The van der Waals surface area contributed by atoms with Crippen LogP contribution in [-0.4, -0.2) is 5.11 Å². The smallest absolute Gasteiger partial charge is 0.123 e. The lowest BCUT2D eigenvalue weighted by molar-refractivity contribution is 0.102. The average Bonchev–Trinajstić information content (AvgIpc) is 2.39. The Hall–Kier alpha value is -1.67. The second-order valence-electron chi connectivity index (χ2n) is 4.64. The number of hydrogen-bond donors (Lipinski definition) is 1. The molecule has 2 heteroatoms. The highest BCUT2D eigenvalue weighted by Crippen LogP contribution is 2.29. The van der Waals surface area contributed by atoms with Gasteiger partial charge in [-0.25, -0.2) is 4.39 Å². The summed E-state index contributed by atoms with van der Waals surface area (Å²) in [7, 11) is 0. The molecule has 0 aliphatic carbocycles. The van der Waals surface area contributed by atoms with Gasteiger partial charge in [-0.15, -0.1) is 0 Å². The number of aliphatic hydroxyl groups is 1. The lowest BCUT2D eigenvalue weighted by Gasteiger charge is -2.25. The molecule has 0 bridgehead atoms. The molecule has 0 spiro atoms. The molecule has 0 aromatic heterocycles. The van der Waals surface area contributed by atoms with E-state index in [1.807, 2.05) is 24.3 Å². The molecular formula is C16H17FO. The molecule has 18 heavy (non-hydrogen) atoms. The number of benzene rings is 2. The molecule has 0 saturated heterocycles. The zero-order chi connectivity index (χ0) is 13.2. The first-order chi connectivity index (χ1) is 8.54. The van der Waals surface area contributed by atoms with Crippen molar-refractivity contribution in [3.63, 3.8) is 0 Å². The Morgan fingerprint density at radius 1 is 1.06 bits per heavy atom. The second-order valence-corrected chi connectivity index (χ2v) is 4.64. The van der Waals surface area contributed by atoms with Crippen LogP contribution in [-0.2, 0) is 12.0 Å². The molecule has 2 rings (SSSR count). The highest BCUT2D eigenvalue weighted by atomic mass is 19.1. The summed E-state index contributed by atoms with van der Waals surface area (Å²) in [5.41, 5.74) is 1.33. The van der Waals surface area contributed by atoms with Gasteiger partial charge in [0.15, 0.2) is 0 Å². The van der Waals surface area contributed by atoms with Gasteiger partial charge in [-0.05, 0) is 42.2 Å². The zero-order valence-corrected chi connectivity index (χ0v) is 10.7. The minimum atomic E-state index is -1.17. The molecule has 0 fully saturated rings. The summed E-state index contributed by atoms with van der Waals surface area (Å²) in [4.78, 5) is 0. The molecule has 0 aliphatic heterocycles. The van der Waals surface area contributed by atoms with Crippen LogP contribution in [0.25, 0.3) is 0 Å². The van der Waals surface area contributed by atoms with Crippen molar-refractivity contribution in [2.75, 3.05) is 0 Å². The van der Waals surface area contributed by atoms with Crippen molar-refractivity contribution < 1.29 is 9.50 Å². The standard InChI is InChI=1S/C16H17FO/c1-3-12-6-4-7-13(10-12)16(2,18)14-8-5-9-15(17)11-14/h4-11,18H,3H2,1-2H3. The van der Waals surface area contributed by atoms with E-state index in [9.17, 15) is 9.50 Å². The third kappa shape index (κ3) is 2.44. The van der Waals surface area contributed by atoms with Gasteiger partial charge in [0.25, 0.3) is 0 Å². The van der Waals surface area contributed by atoms with Gasteiger partial charge >= 0.3 is 0 Å². The first-order valence-electron chi connectivity index (χ1n) is 6.12. The van der Waals surface area contributed by atoms with E-state index in [0.717, 1.165) is 17.5 Å². The van der Waals surface area contributed by atoms with Crippen molar-refractivity contribution in [3.05, 3.63) is 71.0 Å². The molecule has 1 nitrogen and oxygen atoms in total. The van der Waals surface area contributed by atoms with Crippen LogP contribution in [0.3, 0.4) is 0 Å². The normalized spacial score (nSPS) is 14.2. The lowest BCUT2D eigenvalue weighted by Crippen LogP contribution is -2.23. The Labute approximate surface area is 107 Å². The first kappa shape index (κ1) is 12.8. The molecular weight excluding hydrogens is 227 g/mol. The van der Waals surface area contributed by atoms with E-state index in [4.69, 9.17) is 0 Å². The minimum absolute atomic E-state index is 0.334. The van der Waals surface area contributed by atoms with Gasteiger partial charge < -0.3 is 5.11 Å². The highest BCUT2D eigenvalue weighted by Gasteiger charge is 2.25. The molecule has 2 aromatic rings. The highest BCUT2D eigenvalue weighted by molar-refractivity contribution is 5.37. The van der Waals surface area contributed by atoms with Gasteiger partial charge in [0.1, 0.15) is 11.4 Å². The van der Waals surface area contributed by atoms with Crippen LogP contribution in [0.5, 0.6) is 0 Å². The van der Waals surface area contributed by atoms with E-state index in [2.05, 4.69) is 6.92 Å². The Morgan fingerprint density at radius 3 is 2.28 bits per heavy atom. The van der Waals surface area contributed by atoms with Gasteiger partial charge in [-0.2, -0.15) is 0 Å². The van der Waals surface area contributed by atoms with E-state index in [1.165, 1.54) is 12.1 Å². The lowest BCUT2D eigenvalue weighted by atomic mass is 9.87. The Bertz CT molecular complexity index is 546. The molecule has 94 valence electrons. The van der Waals surface area contributed by atoms with Crippen LogP contribution >= 0.6 is 0 Å². The van der Waals surface area contributed by atoms with E-state index in [1.54, 1.807) is 19.1 Å². The minimum Gasteiger partial charge on any atom is -0.381 e. The maximum absolute atomic E-state index is 13.2. The average molecular weight is 244 g/mol. The summed E-state index contributed by atoms with van der Waals surface area (Å²) < 4.78 is 13.2. The quantitative estimate of drug-likeness (QED) is 0.874. The van der Waals surface area contributed by atoms with E-state index >= 15 is 0 Å². The van der Waals surface area contributed by atoms with Gasteiger partial charge in [0, 0.05) is 0 Å². The van der Waals surface area contributed by atoms with Crippen molar-refractivity contribution in [1.29, 1.82) is 0 Å². The molecule has 2 aromatic carbocycles. The van der Waals surface area contributed by atoms with Crippen molar-refractivity contribution in [2.45, 2.75) is 25.9 Å². The summed E-state index contributed by atoms with van der Waals surface area (Å²) in [5, 5.41) is 10.6. The maximum Gasteiger partial charge on any atom is 0.123 e. The van der Waals surface area contributed by atoms with Gasteiger partial charge in [-0.1, -0.05) is 43.3 Å². The molecule has 0 amide bonds. The summed E-state index contributed by atoms with van der Waals surface area (Å²) in [6.45, 7) is 3.76. The van der Waals surface area contributed by atoms with Gasteiger partial charge in [0.2, 0.25) is 0 Å². The van der Waals surface area contributed by atoms with Crippen molar-refractivity contribution in [1.82, 2.24) is 0 Å². The summed E-state index contributed by atoms with van der Waals surface area (Å²) >= 11 is 0. The van der Waals surface area contributed by atoms with Crippen molar-refractivity contribution in [3.8, 4) is 0 Å². The predicted octanol–water partition coefficient (Wildman–Crippen LogP) is 3.64. The predicted molar refractivity (Wildman–Crippen MR) is 70.9 cm³/mol. The van der Waals surface area contributed by atoms with E-state index < -0.39 is 5.60 Å². The van der Waals surface area contributed by atoms with E-state index in [-0.39, 0.29) is 5.82 Å². The molecule has 0 radical (unpaired) electrons. The largest absolute Gasteiger partial charge is 0.381 e. The van der Waals surface area contributed by atoms with Crippen LogP contribution in [0.4, 0.5) is 4.39 Å². The van der Waals surface area contributed by atoms with Crippen LogP contribution in [0.2, 0.25) is 0 Å². The fourth-order valence-corrected chi connectivity index (χ4v) is 2.05. The Kier molecular flexibility index (Phi) is 3.48. The van der Waals surface area contributed by atoms with Crippen LogP contribution < -0.4 is 0 Å². The fraction of sp³-hybridized carbons (Fsp3) is 0.250. The molecule has 0 saturated carbocycles. The third-order valence-corrected chi connectivity index (χ3v) is 3.28. The Balaban J connectivity index is 2.46. The maximum atomic E-state index is 13.2. The summed E-state index contributed by atoms with van der Waals surface area (Å²) in [5.74, 6) is -0.334. The SMILES string of the molecule is CCc1cccc(C(C)(O)c2cccc(F)c2)c1. The molecule has 0 aliphatic rings. The summed E-state index contributed by atoms with van der Waals surface area (Å²) in [6, 6.07) is 13.9. The molecule has 1 N–H and O–H groups in total. The second kappa shape index (κ2) is 4.91. The molecule has 0 heterocycles. The van der Waals surface area contributed by atoms with Crippen LogP contribution in [0, 0.1) is 5.82 Å². The first-order valence-corrected chi connectivity index (χ1v) is 6.12. The number of rotatable bonds is 3. The van der Waals surface area contributed by atoms with Crippen molar-refractivity contribution >= 4 is 0 Å². The van der Waals surface area contributed by atoms with Gasteiger partial charge in [0.05, 0.1) is 0 Å². The topological polar surface area (TPSA) is 20.2 Å². The number of aryl methyl sites for hydroxylation is 1. The number of halogens is 1. The van der Waals surface area contributed by atoms with Crippen molar-refractivity contribution in [2.24, 2.45) is 0 Å². The van der Waals surface area contributed by atoms with E-state index in [0.29, 0.717) is 5.56 Å². The van der Waals surface area contributed by atoms with Crippen LogP contribution in [0.1, 0.15) is 30.5 Å². The number of hydrogen-bond acceptors (Lipinski definition) is 1. The molecule has 1 unspecified atom stereocenters. The van der Waals surface area contributed by atoms with Crippen LogP contribution in [0.15, 0.2) is 48.5 Å².